The summed E-state index contributed by atoms with van der Waals surface area (Å²) in [6.45, 7) is 0.865. The number of carbonyl (C=O) groups excluding carboxylic acids is 3. The van der Waals surface area contributed by atoms with Crippen LogP contribution in [-0.2, 0) is 4.79 Å². The second-order valence-corrected chi connectivity index (χ2v) is 10.2. The number of piperidine rings is 1. The van der Waals surface area contributed by atoms with Crippen LogP contribution in [0.5, 0.6) is 0 Å². The van der Waals surface area contributed by atoms with Crippen LogP contribution >= 0.6 is 0 Å². The third kappa shape index (κ3) is 5.20. The molecule has 6 rings (SSSR count). The highest BCUT2D eigenvalue weighted by molar-refractivity contribution is 5.98. The second kappa shape index (κ2) is 10.2. The van der Waals surface area contributed by atoms with Crippen molar-refractivity contribution >= 4 is 28.6 Å². The van der Waals surface area contributed by atoms with E-state index in [1.54, 1.807) is 54.7 Å². The molecule has 0 spiro atoms. The Labute approximate surface area is 224 Å². The lowest BCUT2D eigenvalue weighted by atomic mass is 9.97. The fraction of sp³-hybridized carbons (Fsp3) is 0.267. The number of fused-ring (bicyclic) bond motifs is 1. The maximum Gasteiger partial charge on any atom is 0.255 e. The van der Waals surface area contributed by atoms with Gasteiger partial charge >= 0.3 is 0 Å². The first-order valence-electron chi connectivity index (χ1n) is 13.2. The molecule has 9 nitrogen and oxygen atoms in total. The Hall–Kier alpha value is -4.66. The summed E-state index contributed by atoms with van der Waals surface area (Å²) in [6.07, 6.45) is 5.85. The van der Waals surface area contributed by atoms with Crippen molar-refractivity contribution in [2.75, 3.05) is 13.1 Å². The number of carbonyl (C=O) groups is 3. The first kappa shape index (κ1) is 24.7. The summed E-state index contributed by atoms with van der Waals surface area (Å²) in [4.78, 5) is 56.3. The molecule has 3 amide bonds. The SMILES string of the molecule is O=C(NC1CN(C(=O)C2CC2)CC[C@@H]1NC(=O)c1ccc(-n2ccccc2=O)cc1)c1ccc2cc[nH]c2c1. The Morgan fingerprint density at radius 2 is 1.56 bits per heavy atom. The number of rotatable bonds is 6. The summed E-state index contributed by atoms with van der Waals surface area (Å²) in [6, 6.07) is 18.3. The molecule has 0 radical (unpaired) electrons. The standard InChI is InChI=1S/C30H29N5O4/c36-27-3-1-2-15-35(27)23-10-8-20(9-11-23)28(37)32-24-13-16-34(30(39)21-5-6-21)18-26(24)33-29(38)22-7-4-19-12-14-31-25(19)17-22/h1-4,7-12,14-15,17,21,24,26,31H,5-6,13,16,18H2,(H,32,37)(H,33,38)/t24-,26?/m0/s1. The molecule has 9 heteroatoms. The number of aromatic amines is 1. The second-order valence-electron chi connectivity index (χ2n) is 10.2. The molecule has 1 saturated heterocycles. The van der Waals surface area contributed by atoms with Crippen LogP contribution in [0.4, 0.5) is 0 Å². The van der Waals surface area contributed by atoms with Crippen molar-refractivity contribution in [3.05, 3.63) is 101 Å². The molecule has 2 aromatic carbocycles. The summed E-state index contributed by atoms with van der Waals surface area (Å²) in [5.74, 6) is -0.327. The van der Waals surface area contributed by atoms with Crippen molar-refractivity contribution in [1.82, 2.24) is 25.1 Å². The van der Waals surface area contributed by atoms with E-state index in [0.29, 0.717) is 36.3 Å². The average molecular weight is 524 g/mol. The van der Waals surface area contributed by atoms with E-state index in [4.69, 9.17) is 0 Å². The van der Waals surface area contributed by atoms with Gasteiger partial charge in [-0.25, -0.2) is 0 Å². The minimum atomic E-state index is -0.445. The van der Waals surface area contributed by atoms with E-state index >= 15 is 0 Å². The van der Waals surface area contributed by atoms with E-state index in [-0.39, 0.29) is 35.2 Å². The van der Waals surface area contributed by atoms with E-state index in [9.17, 15) is 19.2 Å². The van der Waals surface area contributed by atoms with Gasteiger partial charge in [-0.1, -0.05) is 12.1 Å². The molecular formula is C30H29N5O4. The zero-order valence-electron chi connectivity index (χ0n) is 21.3. The third-order valence-corrected chi connectivity index (χ3v) is 7.53. The number of benzene rings is 2. The van der Waals surface area contributed by atoms with Crippen molar-refractivity contribution in [3.63, 3.8) is 0 Å². The van der Waals surface area contributed by atoms with E-state index in [1.165, 1.54) is 10.6 Å². The van der Waals surface area contributed by atoms with Gasteiger partial charge in [0.1, 0.15) is 0 Å². The largest absolute Gasteiger partial charge is 0.361 e. The fourth-order valence-electron chi connectivity index (χ4n) is 5.17. The third-order valence-electron chi connectivity index (χ3n) is 7.53. The van der Waals surface area contributed by atoms with Gasteiger partial charge in [0, 0.05) is 59.8 Å². The number of likely N-dealkylation sites (tertiary alicyclic amines) is 1. The summed E-state index contributed by atoms with van der Waals surface area (Å²) in [5.41, 5.74) is 2.32. The van der Waals surface area contributed by atoms with Crippen LogP contribution < -0.4 is 16.2 Å². The minimum absolute atomic E-state index is 0.0819. The quantitative estimate of drug-likeness (QED) is 0.360. The molecule has 0 bridgehead atoms. The lowest BCUT2D eigenvalue weighted by Gasteiger charge is -2.39. The first-order chi connectivity index (χ1) is 19.0. The molecule has 2 fully saturated rings. The molecule has 3 N–H and O–H groups in total. The maximum absolute atomic E-state index is 13.2. The fourth-order valence-corrected chi connectivity index (χ4v) is 5.17. The highest BCUT2D eigenvalue weighted by Gasteiger charge is 2.39. The Balaban J connectivity index is 1.18. The van der Waals surface area contributed by atoms with E-state index in [2.05, 4.69) is 15.6 Å². The zero-order valence-corrected chi connectivity index (χ0v) is 21.3. The van der Waals surface area contributed by atoms with Crippen LogP contribution in [0, 0.1) is 5.92 Å². The lowest BCUT2D eigenvalue weighted by molar-refractivity contribution is -0.134. The number of aromatic nitrogens is 2. The van der Waals surface area contributed by atoms with Crippen molar-refractivity contribution in [3.8, 4) is 5.69 Å². The Morgan fingerprint density at radius 3 is 2.33 bits per heavy atom. The number of amides is 3. The summed E-state index contributed by atoms with van der Waals surface area (Å²) < 4.78 is 1.50. The van der Waals surface area contributed by atoms with Crippen LogP contribution in [0.1, 0.15) is 40.0 Å². The van der Waals surface area contributed by atoms with Crippen LogP contribution in [0.2, 0.25) is 0 Å². The van der Waals surface area contributed by atoms with Crippen LogP contribution in [-0.4, -0.2) is 57.3 Å². The van der Waals surface area contributed by atoms with Gasteiger partial charge in [0.25, 0.3) is 17.4 Å². The van der Waals surface area contributed by atoms with Crippen LogP contribution in [0.25, 0.3) is 16.6 Å². The lowest BCUT2D eigenvalue weighted by Crippen LogP contribution is -2.61. The van der Waals surface area contributed by atoms with Gasteiger partial charge in [-0.05, 0) is 73.2 Å². The van der Waals surface area contributed by atoms with Crippen molar-refractivity contribution in [2.24, 2.45) is 5.92 Å². The van der Waals surface area contributed by atoms with E-state index in [1.807, 2.05) is 23.2 Å². The number of pyridine rings is 1. The molecule has 1 saturated carbocycles. The minimum Gasteiger partial charge on any atom is -0.361 e. The molecule has 2 aromatic heterocycles. The molecule has 198 valence electrons. The average Bonchev–Trinajstić information content (AvgIpc) is 3.70. The Bertz CT molecular complexity index is 1600. The van der Waals surface area contributed by atoms with Gasteiger partial charge < -0.3 is 20.5 Å². The number of hydrogen-bond acceptors (Lipinski definition) is 4. The Morgan fingerprint density at radius 1 is 0.821 bits per heavy atom. The number of nitrogens with one attached hydrogen (secondary N) is 3. The summed E-state index contributed by atoms with van der Waals surface area (Å²) in [5, 5.41) is 7.17. The summed E-state index contributed by atoms with van der Waals surface area (Å²) >= 11 is 0. The molecule has 1 aliphatic carbocycles. The van der Waals surface area contributed by atoms with Gasteiger partial charge in [0.05, 0.1) is 12.1 Å². The normalized spacial score (nSPS) is 19.0. The molecule has 2 atom stereocenters. The predicted molar refractivity (Wildman–Crippen MR) is 147 cm³/mol. The zero-order chi connectivity index (χ0) is 26.9. The van der Waals surface area contributed by atoms with Gasteiger partial charge in [0.2, 0.25) is 5.91 Å². The predicted octanol–water partition coefficient (Wildman–Crippen LogP) is 2.86. The van der Waals surface area contributed by atoms with Crippen molar-refractivity contribution in [2.45, 2.75) is 31.3 Å². The van der Waals surface area contributed by atoms with Gasteiger partial charge in [-0.15, -0.1) is 0 Å². The monoisotopic (exact) mass is 523 g/mol. The smallest absolute Gasteiger partial charge is 0.255 e. The molecule has 1 unspecified atom stereocenters. The van der Waals surface area contributed by atoms with Crippen molar-refractivity contribution in [1.29, 1.82) is 0 Å². The molecule has 39 heavy (non-hydrogen) atoms. The number of hydrogen-bond donors (Lipinski definition) is 3. The first-order valence-corrected chi connectivity index (χ1v) is 13.2. The highest BCUT2D eigenvalue weighted by Crippen LogP contribution is 2.32. The molecule has 3 heterocycles. The van der Waals surface area contributed by atoms with E-state index in [0.717, 1.165) is 23.7 Å². The molecule has 4 aromatic rings. The number of nitrogens with zero attached hydrogens (tertiary/aromatic N) is 2. The van der Waals surface area contributed by atoms with Gasteiger partial charge in [-0.3, -0.25) is 23.7 Å². The van der Waals surface area contributed by atoms with Gasteiger partial charge in [-0.2, -0.15) is 0 Å². The molecular weight excluding hydrogens is 494 g/mol. The highest BCUT2D eigenvalue weighted by atomic mass is 16.2. The topological polar surface area (TPSA) is 116 Å². The van der Waals surface area contributed by atoms with Gasteiger partial charge in [0.15, 0.2) is 0 Å². The van der Waals surface area contributed by atoms with Crippen LogP contribution in [0.15, 0.2) is 83.9 Å². The van der Waals surface area contributed by atoms with Crippen molar-refractivity contribution < 1.29 is 14.4 Å². The maximum atomic E-state index is 13.2. The number of H-pyrrole nitrogens is 1. The van der Waals surface area contributed by atoms with Crippen LogP contribution in [0.3, 0.4) is 0 Å². The summed E-state index contributed by atoms with van der Waals surface area (Å²) in [7, 11) is 0. The molecule has 1 aliphatic heterocycles. The van der Waals surface area contributed by atoms with E-state index < -0.39 is 6.04 Å². The molecule has 2 aliphatic rings. The Kier molecular flexibility index (Phi) is 6.48.